The maximum absolute atomic E-state index is 5.90. The van der Waals surface area contributed by atoms with Gasteiger partial charge in [0, 0.05) is 32.3 Å². The van der Waals surface area contributed by atoms with Crippen LogP contribution in [0.5, 0.6) is 0 Å². The minimum absolute atomic E-state index is 0.659. The minimum atomic E-state index is -2.45. The lowest BCUT2D eigenvalue weighted by Crippen LogP contribution is -2.53. The summed E-state index contributed by atoms with van der Waals surface area (Å²) in [6.45, 7) is 13.1. The number of rotatable bonds is 10. The van der Waals surface area contributed by atoms with Crippen molar-refractivity contribution >= 4 is 8.80 Å². The Morgan fingerprint density at radius 1 is 0.950 bits per heavy atom. The van der Waals surface area contributed by atoms with Gasteiger partial charge >= 0.3 is 8.80 Å². The Balaban J connectivity index is 2.47. The first-order chi connectivity index (χ1) is 9.60. The van der Waals surface area contributed by atoms with Crippen LogP contribution < -0.4 is 0 Å². The van der Waals surface area contributed by atoms with Crippen molar-refractivity contribution in [2.45, 2.75) is 33.2 Å². The standard InChI is InChI=1S/C14H32NO4Si/c1-5-17-20(18-6-2,19-7-3)14-8-9-15(4)10-12-16-13-11-15/h5-14H2,1-4H3/q+1. The average molecular weight is 306 g/mol. The largest absolute Gasteiger partial charge is 0.501 e. The smallest absolute Gasteiger partial charge is 0.374 e. The molecule has 1 aliphatic heterocycles. The molecular weight excluding hydrogens is 274 g/mol. The third kappa shape index (κ3) is 5.79. The van der Waals surface area contributed by atoms with Crippen molar-refractivity contribution in [1.29, 1.82) is 0 Å². The summed E-state index contributed by atoms with van der Waals surface area (Å²) in [6, 6.07) is 0.914. The van der Waals surface area contributed by atoms with E-state index in [0.29, 0.717) is 19.8 Å². The molecule has 0 N–H and O–H groups in total. The fraction of sp³-hybridized carbons (Fsp3) is 1.00. The van der Waals surface area contributed by atoms with Gasteiger partial charge < -0.3 is 22.5 Å². The molecule has 0 saturated carbocycles. The zero-order chi connectivity index (χ0) is 14.9. The van der Waals surface area contributed by atoms with Gasteiger partial charge in [-0.2, -0.15) is 0 Å². The van der Waals surface area contributed by atoms with Gasteiger partial charge in [0.05, 0.1) is 26.8 Å². The van der Waals surface area contributed by atoms with Gasteiger partial charge in [0.2, 0.25) is 0 Å². The zero-order valence-corrected chi connectivity index (χ0v) is 14.7. The van der Waals surface area contributed by atoms with Crippen molar-refractivity contribution in [2.75, 3.05) is 59.7 Å². The van der Waals surface area contributed by atoms with Crippen molar-refractivity contribution in [1.82, 2.24) is 0 Å². The topological polar surface area (TPSA) is 36.9 Å². The lowest BCUT2D eigenvalue weighted by Gasteiger charge is -2.38. The van der Waals surface area contributed by atoms with Gasteiger partial charge in [0.1, 0.15) is 13.1 Å². The van der Waals surface area contributed by atoms with Crippen molar-refractivity contribution in [2.24, 2.45) is 0 Å². The molecule has 1 aliphatic rings. The lowest BCUT2D eigenvalue weighted by molar-refractivity contribution is -0.916. The first kappa shape index (κ1) is 18.1. The number of hydrogen-bond donors (Lipinski definition) is 0. The van der Waals surface area contributed by atoms with Gasteiger partial charge in [-0.1, -0.05) is 0 Å². The van der Waals surface area contributed by atoms with E-state index in [9.17, 15) is 0 Å². The maximum Gasteiger partial charge on any atom is 0.501 e. The van der Waals surface area contributed by atoms with Crippen LogP contribution >= 0.6 is 0 Å². The molecule has 0 aromatic carbocycles. The van der Waals surface area contributed by atoms with Crippen LogP contribution in [0.15, 0.2) is 0 Å². The van der Waals surface area contributed by atoms with Crippen molar-refractivity contribution in [3.05, 3.63) is 0 Å². The summed E-state index contributed by atoms with van der Waals surface area (Å²) in [7, 11) is -0.141. The first-order valence-corrected chi connectivity index (χ1v) is 9.86. The molecule has 0 aliphatic carbocycles. The number of nitrogens with zero attached hydrogens (tertiary/aromatic N) is 1. The van der Waals surface area contributed by atoms with E-state index < -0.39 is 8.80 Å². The minimum Gasteiger partial charge on any atom is -0.374 e. The molecule has 1 fully saturated rings. The molecule has 0 unspecified atom stereocenters. The second-order valence-corrected chi connectivity index (χ2v) is 8.22. The Labute approximate surface area is 125 Å². The summed E-state index contributed by atoms with van der Waals surface area (Å²) in [4.78, 5) is 0. The number of quaternary nitrogens is 1. The molecule has 0 amide bonds. The molecule has 0 bridgehead atoms. The summed E-state index contributed by atoms with van der Waals surface area (Å²) >= 11 is 0. The molecule has 0 aromatic rings. The van der Waals surface area contributed by atoms with Gasteiger partial charge in [0.25, 0.3) is 0 Å². The maximum atomic E-state index is 5.90. The quantitative estimate of drug-likeness (QED) is 0.456. The Morgan fingerprint density at radius 3 is 1.90 bits per heavy atom. The Morgan fingerprint density at radius 2 is 1.45 bits per heavy atom. The van der Waals surface area contributed by atoms with E-state index in [4.69, 9.17) is 18.0 Å². The molecule has 0 aromatic heterocycles. The van der Waals surface area contributed by atoms with Gasteiger partial charge in [-0.3, -0.25) is 0 Å². The van der Waals surface area contributed by atoms with Gasteiger partial charge in [0.15, 0.2) is 0 Å². The summed E-state index contributed by atoms with van der Waals surface area (Å²) in [5.41, 5.74) is 0. The zero-order valence-electron chi connectivity index (χ0n) is 13.7. The van der Waals surface area contributed by atoms with Crippen molar-refractivity contribution in [3.63, 3.8) is 0 Å². The molecule has 0 spiro atoms. The van der Waals surface area contributed by atoms with Crippen LogP contribution in [-0.4, -0.2) is 73.0 Å². The molecule has 20 heavy (non-hydrogen) atoms. The van der Waals surface area contributed by atoms with E-state index in [1.807, 2.05) is 20.8 Å². The third-order valence-electron chi connectivity index (χ3n) is 3.82. The van der Waals surface area contributed by atoms with Crippen molar-refractivity contribution < 1.29 is 22.5 Å². The number of morpholine rings is 1. The molecular formula is C14H32NO4Si+. The summed E-state index contributed by atoms with van der Waals surface area (Å²) in [5, 5.41) is 0. The molecule has 1 saturated heterocycles. The highest BCUT2D eigenvalue weighted by molar-refractivity contribution is 6.60. The van der Waals surface area contributed by atoms with E-state index in [0.717, 1.165) is 49.8 Å². The molecule has 0 radical (unpaired) electrons. The lowest BCUT2D eigenvalue weighted by atomic mass is 10.3. The predicted octanol–water partition coefficient (Wildman–Crippen LogP) is 1.90. The second-order valence-electron chi connectivity index (χ2n) is 5.49. The Hall–Kier alpha value is 0.0169. The van der Waals surface area contributed by atoms with E-state index in [1.54, 1.807) is 0 Å². The SMILES string of the molecule is CCO[Si](CCC[N+]1(C)CCOCC1)(OCC)OCC. The van der Waals surface area contributed by atoms with Crippen LogP contribution in [0.1, 0.15) is 27.2 Å². The third-order valence-corrected chi connectivity index (χ3v) is 6.98. The molecule has 120 valence electrons. The normalized spacial score (nSPS) is 19.2. The van der Waals surface area contributed by atoms with E-state index in [1.165, 1.54) is 0 Å². The van der Waals surface area contributed by atoms with E-state index >= 15 is 0 Å². The Bertz CT molecular complexity index is 243. The van der Waals surface area contributed by atoms with Crippen LogP contribution in [0.25, 0.3) is 0 Å². The highest BCUT2D eigenvalue weighted by atomic mass is 28.4. The molecule has 1 heterocycles. The summed E-state index contributed by atoms with van der Waals surface area (Å²) in [6.07, 6.45) is 1.09. The van der Waals surface area contributed by atoms with Crippen LogP contribution in [-0.2, 0) is 18.0 Å². The van der Waals surface area contributed by atoms with E-state index in [-0.39, 0.29) is 0 Å². The van der Waals surface area contributed by atoms with Crippen LogP contribution in [0.3, 0.4) is 0 Å². The fourth-order valence-corrected chi connectivity index (χ4v) is 5.28. The number of likely N-dealkylation sites (N-methyl/N-ethyl adjacent to an activating group) is 1. The van der Waals surface area contributed by atoms with Gasteiger partial charge in [-0.15, -0.1) is 0 Å². The van der Waals surface area contributed by atoms with Crippen LogP contribution in [0.4, 0.5) is 0 Å². The summed E-state index contributed by atoms with van der Waals surface area (Å²) < 4.78 is 24.2. The Kier molecular flexibility index (Phi) is 8.24. The number of ether oxygens (including phenoxy) is 1. The second kappa shape index (κ2) is 9.12. The molecule has 0 atom stereocenters. The van der Waals surface area contributed by atoms with Gasteiger partial charge in [-0.05, 0) is 20.8 Å². The molecule has 5 nitrogen and oxygen atoms in total. The van der Waals surface area contributed by atoms with Crippen molar-refractivity contribution in [3.8, 4) is 0 Å². The average Bonchev–Trinajstić information content (AvgIpc) is 2.40. The van der Waals surface area contributed by atoms with Crippen LogP contribution in [0, 0.1) is 0 Å². The highest BCUT2D eigenvalue weighted by Crippen LogP contribution is 2.20. The fourth-order valence-electron chi connectivity index (χ4n) is 2.69. The summed E-state index contributed by atoms with van der Waals surface area (Å²) in [5.74, 6) is 0. The number of hydrogen-bond acceptors (Lipinski definition) is 4. The monoisotopic (exact) mass is 306 g/mol. The van der Waals surface area contributed by atoms with Crippen LogP contribution in [0.2, 0.25) is 6.04 Å². The molecule has 1 rings (SSSR count). The first-order valence-electron chi connectivity index (χ1n) is 7.93. The van der Waals surface area contributed by atoms with E-state index in [2.05, 4.69) is 7.05 Å². The highest BCUT2D eigenvalue weighted by Gasteiger charge is 2.40. The molecule has 6 heteroatoms. The van der Waals surface area contributed by atoms with Gasteiger partial charge in [-0.25, -0.2) is 0 Å². The predicted molar refractivity (Wildman–Crippen MR) is 81.7 cm³/mol.